The molecule has 33 heavy (non-hydrogen) atoms. The van der Waals surface area contributed by atoms with Crippen LogP contribution >= 0.6 is 0 Å². The molecule has 2 heterocycles. The molecule has 178 valence electrons. The predicted molar refractivity (Wildman–Crippen MR) is 124 cm³/mol. The third-order valence-corrected chi connectivity index (χ3v) is 5.24. The number of anilines is 3. The zero-order valence-electron chi connectivity index (χ0n) is 19.2. The summed E-state index contributed by atoms with van der Waals surface area (Å²) >= 11 is 0. The summed E-state index contributed by atoms with van der Waals surface area (Å²) in [5.74, 6) is -1.78. The van der Waals surface area contributed by atoms with E-state index >= 15 is 0 Å². The molecule has 11 heteroatoms. The van der Waals surface area contributed by atoms with E-state index in [2.05, 4.69) is 20.7 Å². The number of pyridine rings is 1. The van der Waals surface area contributed by atoms with Gasteiger partial charge in [0.2, 0.25) is 5.88 Å². The lowest BCUT2D eigenvalue weighted by Crippen LogP contribution is -2.39. The van der Waals surface area contributed by atoms with E-state index in [1.807, 2.05) is 20.8 Å². The number of nitrogens with one attached hydrogen (secondary N) is 2. The van der Waals surface area contributed by atoms with E-state index in [0.29, 0.717) is 17.7 Å². The van der Waals surface area contributed by atoms with Crippen molar-refractivity contribution in [3.8, 4) is 5.88 Å². The number of aryl methyl sites for hydroxylation is 1. The molecule has 2 aromatic heterocycles. The van der Waals surface area contributed by atoms with Gasteiger partial charge in [-0.15, -0.1) is 5.10 Å². The molecule has 3 aromatic rings. The van der Waals surface area contributed by atoms with Crippen LogP contribution in [-0.4, -0.2) is 39.9 Å². The fourth-order valence-electron chi connectivity index (χ4n) is 3.65. The lowest BCUT2D eigenvalue weighted by atomic mass is 9.99. The Morgan fingerprint density at radius 2 is 1.88 bits per heavy atom. The van der Waals surface area contributed by atoms with Crippen LogP contribution in [0, 0.1) is 17.6 Å². The minimum atomic E-state index is -0.887. The minimum absolute atomic E-state index is 0.0269. The second-order valence-corrected chi connectivity index (χ2v) is 8.43. The number of hydrogen-bond donors (Lipinski definition) is 4. The fourth-order valence-corrected chi connectivity index (χ4v) is 3.65. The molecular weight excluding hydrogens is 432 g/mol. The van der Waals surface area contributed by atoms with Crippen LogP contribution in [0.4, 0.5) is 26.1 Å². The van der Waals surface area contributed by atoms with Gasteiger partial charge in [0.15, 0.2) is 17.5 Å². The van der Waals surface area contributed by atoms with Crippen molar-refractivity contribution in [3.63, 3.8) is 0 Å². The van der Waals surface area contributed by atoms with Gasteiger partial charge in [-0.25, -0.2) is 13.8 Å². The number of methoxy groups -OCH3 is 1. The molecular formula is C22H29F2N7O2. The second-order valence-electron chi connectivity index (χ2n) is 8.43. The van der Waals surface area contributed by atoms with Crippen molar-refractivity contribution in [2.75, 3.05) is 17.7 Å². The molecule has 0 radical (unpaired) electrons. The van der Waals surface area contributed by atoms with E-state index in [1.54, 1.807) is 13.1 Å². The molecule has 0 saturated carbocycles. The zero-order chi connectivity index (χ0) is 24.4. The monoisotopic (exact) mass is 461 g/mol. The molecule has 9 nitrogen and oxygen atoms in total. The first kappa shape index (κ1) is 24.2. The number of carbonyl (C=O) groups is 1. The van der Waals surface area contributed by atoms with Crippen LogP contribution in [0.1, 0.15) is 37.6 Å². The number of primary amides is 1. The number of benzene rings is 1. The lowest BCUT2D eigenvalue weighted by Gasteiger charge is -2.25. The van der Waals surface area contributed by atoms with Gasteiger partial charge in [-0.3, -0.25) is 9.48 Å². The Labute approximate surface area is 190 Å². The summed E-state index contributed by atoms with van der Waals surface area (Å²) in [5, 5.41) is 10.4. The Morgan fingerprint density at radius 1 is 1.18 bits per heavy atom. The maximum Gasteiger partial charge on any atom is 0.252 e. The molecule has 0 bridgehead atoms. The first-order valence-electron chi connectivity index (χ1n) is 10.5. The minimum Gasteiger partial charge on any atom is -0.479 e. The van der Waals surface area contributed by atoms with Crippen LogP contribution in [0.2, 0.25) is 0 Å². The number of ether oxygens (including phenoxy) is 1. The van der Waals surface area contributed by atoms with Gasteiger partial charge in [0, 0.05) is 24.8 Å². The number of aromatic nitrogens is 3. The van der Waals surface area contributed by atoms with Crippen LogP contribution < -0.4 is 26.8 Å². The Balaban J connectivity index is 2.05. The summed E-state index contributed by atoms with van der Waals surface area (Å²) in [6.45, 7) is 5.87. The van der Waals surface area contributed by atoms with Crippen molar-refractivity contribution in [1.82, 2.24) is 14.8 Å². The van der Waals surface area contributed by atoms with Crippen molar-refractivity contribution < 1.29 is 18.3 Å². The molecule has 0 spiro atoms. The van der Waals surface area contributed by atoms with Gasteiger partial charge < -0.3 is 26.8 Å². The summed E-state index contributed by atoms with van der Waals surface area (Å²) in [6.07, 6.45) is 0.682. The maximum absolute atomic E-state index is 14.8. The van der Waals surface area contributed by atoms with Crippen LogP contribution in [0.25, 0.3) is 10.9 Å². The molecule has 2 atom stereocenters. The number of nitrogens with zero attached hydrogens (tertiary/aromatic N) is 3. The van der Waals surface area contributed by atoms with Gasteiger partial charge >= 0.3 is 0 Å². The van der Waals surface area contributed by atoms with Gasteiger partial charge in [-0.2, -0.15) is 0 Å². The Kier molecular flexibility index (Phi) is 7.01. The SMILES string of the molecule is COc1nn(C)c2c(F)cc(Nc3nc(N[C@H](CC(C)C)[C@H](C)N)c(F)cc3C(N)=O)cc12. The molecule has 1 aromatic carbocycles. The Hall–Kier alpha value is -3.47. The van der Waals surface area contributed by atoms with Gasteiger partial charge in [0.25, 0.3) is 5.91 Å². The number of fused-ring (bicyclic) bond motifs is 1. The lowest BCUT2D eigenvalue weighted by molar-refractivity contribution is 0.100. The van der Waals surface area contributed by atoms with Crippen molar-refractivity contribution in [3.05, 3.63) is 35.4 Å². The van der Waals surface area contributed by atoms with Gasteiger partial charge in [0.1, 0.15) is 11.3 Å². The maximum atomic E-state index is 14.8. The van der Waals surface area contributed by atoms with Crippen LogP contribution in [0.3, 0.4) is 0 Å². The van der Waals surface area contributed by atoms with Crippen molar-refractivity contribution in [2.24, 2.45) is 24.4 Å². The number of amides is 1. The first-order chi connectivity index (χ1) is 15.5. The molecule has 0 fully saturated rings. The number of rotatable bonds is 9. The third-order valence-electron chi connectivity index (χ3n) is 5.24. The largest absolute Gasteiger partial charge is 0.479 e. The van der Waals surface area contributed by atoms with E-state index in [1.165, 1.54) is 17.9 Å². The van der Waals surface area contributed by atoms with Crippen LogP contribution in [0.15, 0.2) is 18.2 Å². The number of halogens is 2. The highest BCUT2D eigenvalue weighted by Gasteiger charge is 2.22. The van der Waals surface area contributed by atoms with E-state index in [-0.39, 0.29) is 46.4 Å². The zero-order valence-corrected chi connectivity index (χ0v) is 19.2. The van der Waals surface area contributed by atoms with Crippen LogP contribution in [-0.2, 0) is 7.05 Å². The number of carbonyl (C=O) groups excluding carboxylic acids is 1. The summed E-state index contributed by atoms with van der Waals surface area (Å²) in [5.41, 5.74) is 11.8. The van der Waals surface area contributed by atoms with Crippen molar-refractivity contribution in [1.29, 1.82) is 0 Å². The molecule has 6 N–H and O–H groups in total. The smallest absolute Gasteiger partial charge is 0.252 e. The fraction of sp³-hybridized carbons (Fsp3) is 0.409. The van der Waals surface area contributed by atoms with Gasteiger partial charge in [-0.1, -0.05) is 13.8 Å². The average molecular weight is 462 g/mol. The quantitative estimate of drug-likeness (QED) is 0.384. The van der Waals surface area contributed by atoms with E-state index in [0.717, 1.165) is 6.07 Å². The Bertz CT molecular complexity index is 1180. The highest BCUT2D eigenvalue weighted by atomic mass is 19.1. The predicted octanol–water partition coefficient (Wildman–Crippen LogP) is 3.27. The van der Waals surface area contributed by atoms with Gasteiger partial charge in [-0.05, 0) is 37.5 Å². The second kappa shape index (κ2) is 9.57. The normalized spacial score (nSPS) is 13.2. The molecule has 0 aliphatic rings. The highest BCUT2D eigenvalue weighted by molar-refractivity contribution is 5.99. The number of nitrogens with two attached hydrogens (primary N) is 2. The summed E-state index contributed by atoms with van der Waals surface area (Å²) in [4.78, 5) is 16.2. The number of hydrogen-bond acceptors (Lipinski definition) is 7. The molecule has 0 aliphatic heterocycles. The Morgan fingerprint density at radius 3 is 2.45 bits per heavy atom. The van der Waals surface area contributed by atoms with Crippen LogP contribution in [0.5, 0.6) is 5.88 Å². The summed E-state index contributed by atoms with van der Waals surface area (Å²) in [6, 6.07) is 3.27. The molecule has 0 saturated heterocycles. The van der Waals surface area contributed by atoms with Crippen molar-refractivity contribution in [2.45, 2.75) is 39.3 Å². The molecule has 3 rings (SSSR count). The van der Waals surface area contributed by atoms with Crippen molar-refractivity contribution >= 4 is 34.1 Å². The summed E-state index contributed by atoms with van der Waals surface area (Å²) in [7, 11) is 3.02. The van der Waals surface area contributed by atoms with E-state index < -0.39 is 17.5 Å². The van der Waals surface area contributed by atoms with E-state index in [4.69, 9.17) is 16.2 Å². The van der Waals surface area contributed by atoms with E-state index in [9.17, 15) is 13.6 Å². The summed E-state index contributed by atoms with van der Waals surface area (Å²) < 4.78 is 36.1. The molecule has 0 aliphatic carbocycles. The first-order valence-corrected chi connectivity index (χ1v) is 10.5. The topological polar surface area (TPSA) is 133 Å². The standard InChI is InChI=1S/C22H29F2N7O2/c1-10(2)6-17(11(3)25)28-21-16(24)9-14(19(26)32)20(29-21)27-12-7-13-18(15(23)8-12)31(4)30-22(13)33-5/h7-11,17H,6,25H2,1-5H3,(H2,26,32)(H2,27,28,29)/t11-,17+/m0/s1. The molecule has 0 unspecified atom stereocenters. The average Bonchev–Trinajstić information content (AvgIpc) is 3.04. The molecule has 1 amide bonds. The third kappa shape index (κ3) is 5.14. The van der Waals surface area contributed by atoms with Gasteiger partial charge in [0.05, 0.1) is 18.1 Å². The highest BCUT2D eigenvalue weighted by Crippen LogP contribution is 2.32.